The summed E-state index contributed by atoms with van der Waals surface area (Å²) in [6.07, 6.45) is 0.685. The third-order valence-electron chi connectivity index (χ3n) is 2.06. The van der Waals surface area contributed by atoms with E-state index >= 15 is 0 Å². The van der Waals surface area contributed by atoms with Gasteiger partial charge in [-0.1, -0.05) is 19.1 Å². The molecule has 3 nitrogen and oxygen atoms in total. The first-order valence-corrected chi connectivity index (χ1v) is 6.35. The molecule has 1 aromatic rings. The molecule has 0 aromatic heterocycles. The van der Waals surface area contributed by atoms with Crippen LogP contribution in [0.25, 0.3) is 0 Å². The molecule has 0 N–H and O–H groups in total. The van der Waals surface area contributed by atoms with E-state index in [-0.39, 0.29) is 11.5 Å². The molecule has 0 spiro atoms. The van der Waals surface area contributed by atoms with E-state index in [1.807, 2.05) is 19.9 Å². The third kappa shape index (κ3) is 3.04. The quantitative estimate of drug-likeness (QED) is 0.743. The average molecular weight is 228 g/mol. The van der Waals surface area contributed by atoms with Gasteiger partial charge in [0.25, 0.3) is 10.1 Å². The molecule has 15 heavy (non-hydrogen) atoms. The van der Waals surface area contributed by atoms with Crippen molar-refractivity contribution >= 4 is 10.1 Å². The molecule has 0 aliphatic carbocycles. The van der Waals surface area contributed by atoms with Gasteiger partial charge in [0.05, 0.1) is 11.5 Å². The first-order valence-electron chi connectivity index (χ1n) is 4.94. The van der Waals surface area contributed by atoms with Crippen molar-refractivity contribution in [3.8, 4) is 0 Å². The van der Waals surface area contributed by atoms with Crippen molar-refractivity contribution in [2.45, 2.75) is 32.1 Å². The predicted octanol–water partition coefficient (Wildman–Crippen LogP) is 2.42. The highest BCUT2D eigenvalue weighted by Gasteiger charge is 2.17. The molecule has 0 aliphatic heterocycles. The van der Waals surface area contributed by atoms with Crippen LogP contribution in [0.2, 0.25) is 0 Å². The number of hydrogen-bond acceptors (Lipinski definition) is 3. The Morgan fingerprint density at radius 3 is 2.53 bits per heavy atom. The molecule has 0 bridgehead atoms. The highest BCUT2D eigenvalue weighted by Crippen LogP contribution is 2.18. The van der Waals surface area contributed by atoms with E-state index in [1.165, 1.54) is 0 Å². The second-order valence-corrected chi connectivity index (χ2v) is 5.13. The van der Waals surface area contributed by atoms with E-state index < -0.39 is 10.1 Å². The van der Waals surface area contributed by atoms with Crippen LogP contribution < -0.4 is 0 Å². The molecule has 4 heteroatoms. The van der Waals surface area contributed by atoms with Crippen molar-refractivity contribution in [2.24, 2.45) is 0 Å². The van der Waals surface area contributed by atoms with Crippen LogP contribution in [0.15, 0.2) is 23.1 Å². The monoisotopic (exact) mass is 228 g/mol. The molecule has 0 heterocycles. The van der Waals surface area contributed by atoms with E-state index in [2.05, 4.69) is 0 Å². The molecule has 0 amide bonds. The van der Waals surface area contributed by atoms with Gasteiger partial charge in [-0.25, -0.2) is 0 Å². The maximum absolute atomic E-state index is 11.7. The van der Waals surface area contributed by atoms with Crippen molar-refractivity contribution in [1.82, 2.24) is 0 Å². The molecule has 0 aliphatic rings. The second kappa shape index (κ2) is 4.77. The Balaban J connectivity index is 3.09. The summed E-state index contributed by atoms with van der Waals surface area (Å²) in [5, 5.41) is 0. The molecular formula is C11H16O3S. The lowest BCUT2D eigenvalue weighted by molar-refractivity contribution is 0.318. The van der Waals surface area contributed by atoms with E-state index in [4.69, 9.17) is 4.18 Å². The van der Waals surface area contributed by atoms with Crippen LogP contribution in [0, 0.1) is 13.8 Å². The average Bonchev–Trinajstić information content (AvgIpc) is 2.18. The molecule has 84 valence electrons. The summed E-state index contributed by atoms with van der Waals surface area (Å²) in [5.41, 5.74) is 1.64. The molecule has 0 saturated carbocycles. The fourth-order valence-corrected chi connectivity index (χ4v) is 2.54. The lowest BCUT2D eigenvalue weighted by Crippen LogP contribution is -2.09. The molecule has 0 atom stereocenters. The molecular weight excluding hydrogens is 212 g/mol. The Bertz CT molecular complexity index is 435. The van der Waals surface area contributed by atoms with Crippen molar-refractivity contribution in [3.63, 3.8) is 0 Å². The molecule has 0 fully saturated rings. The lowest BCUT2D eigenvalue weighted by atomic mass is 10.2. The first-order chi connectivity index (χ1) is 6.97. The fraction of sp³-hybridized carbons (Fsp3) is 0.455. The van der Waals surface area contributed by atoms with E-state index in [0.717, 1.165) is 11.1 Å². The normalized spacial score (nSPS) is 11.7. The molecule has 0 saturated heterocycles. The zero-order valence-corrected chi connectivity index (χ0v) is 10.1. The van der Waals surface area contributed by atoms with Gasteiger partial charge in [0, 0.05) is 0 Å². The van der Waals surface area contributed by atoms with Crippen LogP contribution in [-0.2, 0) is 14.3 Å². The third-order valence-corrected chi connectivity index (χ3v) is 3.51. The Hall–Kier alpha value is -0.870. The van der Waals surface area contributed by atoms with Gasteiger partial charge in [-0.15, -0.1) is 0 Å². The van der Waals surface area contributed by atoms with Crippen LogP contribution >= 0.6 is 0 Å². The lowest BCUT2D eigenvalue weighted by Gasteiger charge is -2.08. The van der Waals surface area contributed by atoms with Crippen molar-refractivity contribution in [1.29, 1.82) is 0 Å². The van der Waals surface area contributed by atoms with Crippen LogP contribution in [0.5, 0.6) is 0 Å². The maximum atomic E-state index is 11.7. The summed E-state index contributed by atoms with van der Waals surface area (Å²) < 4.78 is 28.4. The topological polar surface area (TPSA) is 43.4 Å². The summed E-state index contributed by atoms with van der Waals surface area (Å²) in [6.45, 7) is 5.73. The summed E-state index contributed by atoms with van der Waals surface area (Å²) in [6, 6.07) is 5.31. The van der Waals surface area contributed by atoms with Crippen LogP contribution in [0.3, 0.4) is 0 Å². The minimum atomic E-state index is -3.58. The van der Waals surface area contributed by atoms with Gasteiger partial charge in [-0.3, -0.25) is 4.18 Å². The minimum absolute atomic E-state index is 0.232. The number of hydrogen-bond donors (Lipinski definition) is 0. The minimum Gasteiger partial charge on any atom is -0.266 e. The molecule has 0 radical (unpaired) electrons. The van der Waals surface area contributed by atoms with Gasteiger partial charge in [0.2, 0.25) is 0 Å². The van der Waals surface area contributed by atoms with Crippen LogP contribution in [0.1, 0.15) is 24.5 Å². The zero-order valence-electron chi connectivity index (χ0n) is 9.28. The number of benzene rings is 1. The largest absolute Gasteiger partial charge is 0.297 e. The van der Waals surface area contributed by atoms with E-state index in [1.54, 1.807) is 19.1 Å². The van der Waals surface area contributed by atoms with Crippen molar-refractivity contribution in [2.75, 3.05) is 6.61 Å². The number of rotatable bonds is 4. The van der Waals surface area contributed by atoms with Gasteiger partial charge >= 0.3 is 0 Å². The van der Waals surface area contributed by atoms with E-state index in [9.17, 15) is 8.42 Å². The summed E-state index contributed by atoms with van der Waals surface area (Å²) in [7, 11) is -3.58. The SMILES string of the molecule is CCCOS(=O)(=O)c1cc(C)ccc1C. The Labute approximate surface area is 91.2 Å². The zero-order chi connectivity index (χ0) is 11.5. The number of aryl methyl sites for hydroxylation is 2. The summed E-state index contributed by atoms with van der Waals surface area (Å²) in [4.78, 5) is 0.274. The Kier molecular flexibility index (Phi) is 3.88. The van der Waals surface area contributed by atoms with Gasteiger partial charge in [0.1, 0.15) is 0 Å². The van der Waals surface area contributed by atoms with Crippen LogP contribution in [-0.4, -0.2) is 15.0 Å². The smallest absolute Gasteiger partial charge is 0.266 e. The highest BCUT2D eigenvalue weighted by atomic mass is 32.2. The van der Waals surface area contributed by atoms with Gasteiger partial charge in [-0.05, 0) is 37.5 Å². The highest BCUT2D eigenvalue weighted by molar-refractivity contribution is 7.86. The van der Waals surface area contributed by atoms with Crippen LogP contribution in [0.4, 0.5) is 0 Å². The summed E-state index contributed by atoms with van der Waals surface area (Å²) >= 11 is 0. The predicted molar refractivity (Wildman–Crippen MR) is 59.3 cm³/mol. The first kappa shape index (κ1) is 12.2. The van der Waals surface area contributed by atoms with Crippen molar-refractivity contribution < 1.29 is 12.6 Å². The molecule has 1 rings (SSSR count). The Morgan fingerprint density at radius 1 is 1.27 bits per heavy atom. The fourth-order valence-electron chi connectivity index (χ4n) is 1.23. The van der Waals surface area contributed by atoms with Gasteiger partial charge in [-0.2, -0.15) is 8.42 Å². The molecule has 1 aromatic carbocycles. The van der Waals surface area contributed by atoms with Crippen molar-refractivity contribution in [3.05, 3.63) is 29.3 Å². The standard InChI is InChI=1S/C11H16O3S/c1-4-7-14-15(12,13)11-8-9(2)5-6-10(11)3/h5-6,8H,4,7H2,1-3H3. The maximum Gasteiger partial charge on any atom is 0.297 e. The van der Waals surface area contributed by atoms with E-state index in [0.29, 0.717) is 6.42 Å². The van der Waals surface area contributed by atoms with Gasteiger partial charge in [0.15, 0.2) is 0 Å². The second-order valence-electron chi connectivity index (χ2n) is 3.55. The molecule has 0 unspecified atom stereocenters. The Morgan fingerprint density at radius 2 is 1.93 bits per heavy atom. The van der Waals surface area contributed by atoms with Gasteiger partial charge < -0.3 is 0 Å². The summed E-state index contributed by atoms with van der Waals surface area (Å²) in [5.74, 6) is 0.